The zero-order chi connectivity index (χ0) is 26.7. The van der Waals surface area contributed by atoms with Gasteiger partial charge in [0.2, 0.25) is 5.91 Å². The Morgan fingerprint density at radius 2 is 1.74 bits per heavy atom. The number of hydrogen-bond acceptors (Lipinski definition) is 6. The van der Waals surface area contributed by atoms with E-state index in [2.05, 4.69) is 20.1 Å². The Kier molecular flexibility index (Phi) is 5.54. The van der Waals surface area contributed by atoms with Crippen molar-refractivity contribution in [2.45, 2.75) is 37.4 Å². The highest BCUT2D eigenvalue weighted by Gasteiger charge is 2.52. The Hall–Kier alpha value is -4.16. The molecule has 2 aliphatic heterocycles. The minimum atomic E-state index is -4.58. The van der Waals surface area contributed by atoms with E-state index in [0.717, 1.165) is 22.5 Å². The summed E-state index contributed by atoms with van der Waals surface area (Å²) in [6, 6.07) is 9.37. The van der Waals surface area contributed by atoms with Crippen LogP contribution in [0, 0.1) is 0 Å². The normalized spacial score (nSPS) is 17.2. The number of aromatic nitrogens is 5. The molecule has 1 aromatic carbocycles. The third kappa shape index (κ3) is 3.84. The van der Waals surface area contributed by atoms with Crippen LogP contribution >= 0.6 is 0 Å². The van der Waals surface area contributed by atoms with Gasteiger partial charge in [0.1, 0.15) is 23.6 Å². The van der Waals surface area contributed by atoms with Crippen LogP contribution in [-0.4, -0.2) is 50.2 Å². The van der Waals surface area contributed by atoms with Crippen LogP contribution < -0.4 is 9.80 Å². The van der Waals surface area contributed by atoms with Crippen molar-refractivity contribution in [2.24, 2.45) is 0 Å². The number of carbonyl (C=O) groups is 1. The second-order valence-corrected chi connectivity index (χ2v) is 9.28. The molecule has 0 unspecified atom stereocenters. The Bertz CT molecular complexity index is 1510. The summed E-state index contributed by atoms with van der Waals surface area (Å²) in [6.07, 6.45) is -2.32. The first kappa shape index (κ1) is 24.2. The van der Waals surface area contributed by atoms with Gasteiger partial charge in [-0.05, 0) is 36.6 Å². The average molecular weight is 529 g/mol. The molecule has 0 saturated carbocycles. The average Bonchev–Trinajstić information content (AvgIpc) is 3.40. The summed E-state index contributed by atoms with van der Waals surface area (Å²) < 4.78 is 66.0. The molecule has 0 radical (unpaired) electrons. The first-order valence-electron chi connectivity index (χ1n) is 11.9. The van der Waals surface area contributed by atoms with Crippen molar-refractivity contribution in [1.29, 1.82) is 0 Å². The smallest absolute Gasteiger partial charge is 0.355 e. The summed E-state index contributed by atoms with van der Waals surface area (Å²) in [5.74, 6) is 0.266. The lowest BCUT2D eigenvalue weighted by atomic mass is 9.73. The molecule has 13 heteroatoms. The molecule has 1 fully saturated rings. The van der Waals surface area contributed by atoms with Crippen LogP contribution in [0.3, 0.4) is 0 Å². The Morgan fingerprint density at radius 3 is 2.42 bits per heavy atom. The van der Waals surface area contributed by atoms with Crippen LogP contribution in [0.5, 0.6) is 0 Å². The number of carbonyl (C=O) groups excluding carboxylic acids is 1. The number of fused-ring (bicyclic) bond motifs is 3. The molecule has 0 N–H and O–H groups in total. The minimum Gasteiger partial charge on any atom is -0.355 e. The highest BCUT2D eigenvalue weighted by molar-refractivity contribution is 6.13. The molecule has 3 aromatic heterocycles. The third-order valence-corrected chi connectivity index (χ3v) is 7.15. The van der Waals surface area contributed by atoms with Gasteiger partial charge >= 0.3 is 6.18 Å². The van der Waals surface area contributed by atoms with E-state index in [1.54, 1.807) is 18.3 Å². The lowest BCUT2D eigenvalue weighted by Gasteiger charge is -2.39. The fraction of sp³-hybridized carbons (Fsp3) is 0.320. The summed E-state index contributed by atoms with van der Waals surface area (Å²) in [4.78, 5) is 29.6. The van der Waals surface area contributed by atoms with E-state index < -0.39 is 30.3 Å². The molecule has 1 amide bonds. The van der Waals surface area contributed by atoms with E-state index in [4.69, 9.17) is 0 Å². The topological polar surface area (TPSA) is 80.0 Å². The minimum absolute atomic E-state index is 0.226. The zero-order valence-electron chi connectivity index (χ0n) is 19.7. The quantitative estimate of drug-likeness (QED) is 0.356. The number of halogens is 5. The van der Waals surface area contributed by atoms with Crippen molar-refractivity contribution in [1.82, 2.24) is 24.7 Å². The van der Waals surface area contributed by atoms with Crippen molar-refractivity contribution in [3.63, 3.8) is 0 Å². The van der Waals surface area contributed by atoms with Gasteiger partial charge in [0, 0.05) is 13.1 Å². The summed E-state index contributed by atoms with van der Waals surface area (Å²) in [7, 11) is 0. The van der Waals surface area contributed by atoms with Gasteiger partial charge in [-0.3, -0.25) is 9.69 Å². The van der Waals surface area contributed by atoms with Gasteiger partial charge in [0.05, 0.1) is 35.4 Å². The molecule has 196 valence electrons. The lowest BCUT2D eigenvalue weighted by molar-refractivity contribution is -0.141. The molecule has 0 atom stereocenters. The van der Waals surface area contributed by atoms with E-state index in [-0.39, 0.29) is 17.2 Å². The van der Waals surface area contributed by atoms with Gasteiger partial charge < -0.3 is 4.90 Å². The molecular weight excluding hydrogens is 509 g/mol. The molecule has 0 aliphatic carbocycles. The van der Waals surface area contributed by atoms with E-state index in [1.165, 1.54) is 17.2 Å². The molecule has 5 heterocycles. The van der Waals surface area contributed by atoms with Crippen LogP contribution in [0.2, 0.25) is 0 Å². The van der Waals surface area contributed by atoms with E-state index >= 15 is 0 Å². The zero-order valence-corrected chi connectivity index (χ0v) is 19.7. The molecule has 1 saturated heterocycles. The summed E-state index contributed by atoms with van der Waals surface area (Å²) >= 11 is 0. The van der Waals surface area contributed by atoms with Crippen LogP contribution in [0.4, 0.5) is 39.1 Å². The number of hydrogen-bond donors (Lipinski definition) is 0. The molecule has 0 bridgehead atoms. The second kappa shape index (κ2) is 8.71. The van der Waals surface area contributed by atoms with Crippen LogP contribution in [0.15, 0.2) is 55.0 Å². The Labute approximate surface area is 212 Å². The monoisotopic (exact) mass is 529 g/mol. The number of anilines is 3. The summed E-state index contributed by atoms with van der Waals surface area (Å²) in [5, 5.41) is 3.95. The maximum absolute atomic E-state index is 13.9. The number of nitrogens with zero attached hydrogens (tertiary/aromatic N) is 7. The molecule has 38 heavy (non-hydrogen) atoms. The highest BCUT2D eigenvalue weighted by atomic mass is 19.4. The van der Waals surface area contributed by atoms with Crippen molar-refractivity contribution >= 4 is 34.3 Å². The van der Waals surface area contributed by atoms with Crippen molar-refractivity contribution in [2.75, 3.05) is 22.9 Å². The first-order chi connectivity index (χ1) is 18.2. The summed E-state index contributed by atoms with van der Waals surface area (Å²) in [5.41, 5.74) is 0.446. The van der Waals surface area contributed by atoms with Gasteiger partial charge in [0.25, 0.3) is 6.43 Å². The van der Waals surface area contributed by atoms with Gasteiger partial charge in [-0.1, -0.05) is 18.2 Å². The fourth-order valence-electron chi connectivity index (χ4n) is 5.31. The van der Waals surface area contributed by atoms with Crippen LogP contribution in [0.1, 0.15) is 24.1 Å². The molecule has 6 rings (SSSR count). The number of rotatable bonds is 4. The summed E-state index contributed by atoms with van der Waals surface area (Å²) in [6.45, 7) is 0.273. The number of piperidine rings is 1. The second-order valence-electron chi connectivity index (χ2n) is 9.28. The van der Waals surface area contributed by atoms with E-state index in [1.807, 2.05) is 17.0 Å². The van der Waals surface area contributed by atoms with E-state index in [0.29, 0.717) is 43.0 Å². The number of alkyl halides is 5. The molecular formula is C25H20F5N7O. The van der Waals surface area contributed by atoms with Crippen molar-refractivity contribution in [3.05, 3.63) is 66.2 Å². The van der Waals surface area contributed by atoms with Crippen LogP contribution in [-0.2, 0) is 22.9 Å². The highest BCUT2D eigenvalue weighted by Crippen LogP contribution is 2.50. The number of para-hydroxylation sites is 1. The standard InChI is InChI=1S/C25H20F5N7O/c26-20(27)14-36-22-17(12-33-36)31-13-21(34-22)35-9-7-24(8-10-35)16-3-1-2-4-18(16)37(23(24)38)15-5-6-19(32-11-15)25(28,29)30/h1-6,11-13,20H,7-10,14H2. The predicted octanol–water partition coefficient (Wildman–Crippen LogP) is 4.72. The van der Waals surface area contributed by atoms with Gasteiger partial charge in [-0.15, -0.1) is 0 Å². The number of pyridine rings is 1. The largest absolute Gasteiger partial charge is 0.433 e. The SMILES string of the molecule is O=C1N(c2ccc(C(F)(F)F)nc2)c2ccccc2C12CCN(c1cnc3cnn(CC(F)F)c3n1)CC2. The van der Waals surface area contributed by atoms with E-state index in [9.17, 15) is 26.7 Å². The Morgan fingerprint density at radius 1 is 0.974 bits per heavy atom. The number of amides is 1. The first-order valence-corrected chi connectivity index (χ1v) is 11.9. The molecule has 4 aromatic rings. The van der Waals surface area contributed by atoms with Crippen molar-refractivity contribution in [3.8, 4) is 0 Å². The Balaban J connectivity index is 1.28. The van der Waals surface area contributed by atoms with Crippen LogP contribution in [0.25, 0.3) is 11.2 Å². The maximum atomic E-state index is 13.9. The third-order valence-electron chi connectivity index (χ3n) is 7.15. The van der Waals surface area contributed by atoms with Crippen molar-refractivity contribution < 1.29 is 26.7 Å². The lowest BCUT2D eigenvalue weighted by Crippen LogP contribution is -2.48. The molecule has 1 spiro atoms. The molecule has 8 nitrogen and oxygen atoms in total. The predicted molar refractivity (Wildman–Crippen MR) is 127 cm³/mol. The van der Waals surface area contributed by atoms with Gasteiger partial charge in [-0.2, -0.15) is 18.3 Å². The number of benzene rings is 1. The molecule has 2 aliphatic rings. The van der Waals surface area contributed by atoms with Gasteiger partial charge in [-0.25, -0.2) is 28.4 Å². The van der Waals surface area contributed by atoms with Gasteiger partial charge in [0.15, 0.2) is 5.65 Å². The maximum Gasteiger partial charge on any atom is 0.433 e. The fourth-order valence-corrected chi connectivity index (χ4v) is 5.31.